The van der Waals surface area contributed by atoms with Crippen LogP contribution in [0, 0.1) is 0 Å². The van der Waals surface area contributed by atoms with Crippen molar-refractivity contribution in [1.29, 1.82) is 0 Å². The molecule has 0 aliphatic carbocycles. The fourth-order valence-corrected chi connectivity index (χ4v) is 2.82. The Kier molecular flexibility index (Phi) is 5.44. The van der Waals surface area contributed by atoms with Crippen molar-refractivity contribution in [3.8, 4) is 0 Å². The standard InChI is InChI=1S/C18H15Cl2N3O3/c19-13-7-6-12(17(21)16(13)20)18(25)26-10-15(24)23-9-8-14(22-23)11-4-2-1-3-5-11/h1-7H,8-10,21H2. The summed E-state index contributed by atoms with van der Waals surface area (Å²) in [5.74, 6) is -1.16. The van der Waals surface area contributed by atoms with Crippen LogP contribution in [0.3, 0.4) is 0 Å². The van der Waals surface area contributed by atoms with Crippen LogP contribution in [0.1, 0.15) is 22.3 Å². The van der Waals surface area contributed by atoms with Gasteiger partial charge in [-0.25, -0.2) is 9.80 Å². The number of hydrazone groups is 1. The van der Waals surface area contributed by atoms with Crippen molar-refractivity contribution in [3.63, 3.8) is 0 Å². The molecule has 0 radical (unpaired) electrons. The number of anilines is 1. The van der Waals surface area contributed by atoms with Gasteiger partial charge in [0.1, 0.15) is 0 Å². The highest BCUT2D eigenvalue weighted by atomic mass is 35.5. The molecule has 0 fully saturated rings. The summed E-state index contributed by atoms with van der Waals surface area (Å²) in [6.45, 7) is -0.000385. The highest BCUT2D eigenvalue weighted by molar-refractivity contribution is 6.44. The van der Waals surface area contributed by atoms with E-state index in [2.05, 4.69) is 5.10 Å². The lowest BCUT2D eigenvalue weighted by Gasteiger charge is -2.12. The van der Waals surface area contributed by atoms with Gasteiger partial charge in [-0.2, -0.15) is 5.10 Å². The van der Waals surface area contributed by atoms with Crippen LogP contribution in [-0.2, 0) is 9.53 Å². The first kappa shape index (κ1) is 18.2. The van der Waals surface area contributed by atoms with Gasteiger partial charge in [-0.15, -0.1) is 0 Å². The molecule has 6 nitrogen and oxygen atoms in total. The van der Waals surface area contributed by atoms with Gasteiger partial charge in [0.15, 0.2) is 6.61 Å². The summed E-state index contributed by atoms with van der Waals surface area (Å²) in [6, 6.07) is 12.4. The second-order valence-corrected chi connectivity index (χ2v) is 6.36. The van der Waals surface area contributed by atoms with Gasteiger partial charge in [0, 0.05) is 6.42 Å². The summed E-state index contributed by atoms with van der Waals surface area (Å²) in [6.07, 6.45) is 0.642. The molecule has 1 heterocycles. The Labute approximate surface area is 160 Å². The zero-order valence-corrected chi connectivity index (χ0v) is 15.1. The maximum absolute atomic E-state index is 12.2. The third-order valence-electron chi connectivity index (χ3n) is 3.88. The minimum Gasteiger partial charge on any atom is -0.452 e. The molecule has 0 atom stereocenters. The van der Waals surface area contributed by atoms with Crippen molar-refractivity contribution < 1.29 is 14.3 Å². The summed E-state index contributed by atoms with van der Waals surface area (Å²) in [7, 11) is 0. The van der Waals surface area contributed by atoms with Crippen molar-refractivity contribution >= 4 is 46.5 Å². The number of nitrogens with zero attached hydrogens (tertiary/aromatic N) is 2. The predicted molar refractivity (Wildman–Crippen MR) is 100 cm³/mol. The fraction of sp³-hybridized carbons (Fsp3) is 0.167. The van der Waals surface area contributed by atoms with Crippen molar-refractivity contribution in [2.75, 3.05) is 18.9 Å². The minimum atomic E-state index is -0.749. The molecule has 3 rings (SSSR count). The third kappa shape index (κ3) is 3.81. The molecule has 1 amide bonds. The van der Waals surface area contributed by atoms with E-state index in [1.807, 2.05) is 30.3 Å². The number of carbonyl (C=O) groups excluding carboxylic acids is 2. The van der Waals surface area contributed by atoms with E-state index in [9.17, 15) is 9.59 Å². The average molecular weight is 392 g/mol. The summed E-state index contributed by atoms with van der Waals surface area (Å²) in [5.41, 5.74) is 7.61. The maximum atomic E-state index is 12.2. The SMILES string of the molecule is Nc1c(C(=O)OCC(=O)N2CCC(c3ccccc3)=N2)ccc(Cl)c1Cl. The summed E-state index contributed by atoms with van der Waals surface area (Å²) in [5, 5.41) is 5.90. The molecular formula is C18H15Cl2N3O3. The van der Waals surface area contributed by atoms with Gasteiger partial charge in [0.25, 0.3) is 5.91 Å². The molecule has 2 aromatic rings. The number of nitrogens with two attached hydrogens (primary N) is 1. The molecule has 1 aliphatic rings. The second-order valence-electron chi connectivity index (χ2n) is 5.58. The van der Waals surface area contributed by atoms with Crippen molar-refractivity contribution in [1.82, 2.24) is 5.01 Å². The van der Waals surface area contributed by atoms with Crippen LogP contribution >= 0.6 is 23.2 Å². The molecule has 134 valence electrons. The van der Waals surface area contributed by atoms with Gasteiger partial charge < -0.3 is 10.5 Å². The molecule has 8 heteroatoms. The highest BCUT2D eigenvalue weighted by Crippen LogP contribution is 2.31. The molecule has 0 saturated carbocycles. The summed E-state index contributed by atoms with van der Waals surface area (Å²) in [4.78, 5) is 24.4. The van der Waals surface area contributed by atoms with Crippen LogP contribution in [0.5, 0.6) is 0 Å². The molecule has 2 N–H and O–H groups in total. The van der Waals surface area contributed by atoms with Crippen LogP contribution in [-0.4, -0.2) is 35.7 Å². The Bertz CT molecular complexity index is 885. The highest BCUT2D eigenvalue weighted by Gasteiger charge is 2.23. The van der Waals surface area contributed by atoms with Crippen molar-refractivity contribution in [3.05, 3.63) is 63.6 Å². The zero-order chi connectivity index (χ0) is 18.7. The number of hydrogen-bond acceptors (Lipinski definition) is 5. The van der Waals surface area contributed by atoms with Crippen LogP contribution in [0.15, 0.2) is 47.6 Å². The van der Waals surface area contributed by atoms with E-state index in [0.717, 1.165) is 11.3 Å². The number of carbonyl (C=O) groups is 2. The quantitative estimate of drug-likeness (QED) is 0.639. The third-order valence-corrected chi connectivity index (χ3v) is 4.69. The number of benzene rings is 2. The Hall–Kier alpha value is -2.57. The van der Waals surface area contributed by atoms with E-state index in [1.54, 1.807) is 0 Å². The summed E-state index contributed by atoms with van der Waals surface area (Å²) >= 11 is 11.7. The normalized spacial score (nSPS) is 13.5. The lowest BCUT2D eigenvalue weighted by Crippen LogP contribution is -2.29. The number of amides is 1. The van der Waals surface area contributed by atoms with E-state index in [0.29, 0.717) is 13.0 Å². The van der Waals surface area contributed by atoms with Crippen LogP contribution in [0.25, 0.3) is 0 Å². The number of rotatable bonds is 4. The lowest BCUT2D eigenvalue weighted by atomic mass is 10.1. The van der Waals surface area contributed by atoms with Crippen molar-refractivity contribution in [2.45, 2.75) is 6.42 Å². The van der Waals surface area contributed by atoms with Crippen molar-refractivity contribution in [2.24, 2.45) is 5.10 Å². The fourth-order valence-electron chi connectivity index (χ4n) is 2.49. The van der Waals surface area contributed by atoms with E-state index in [-0.39, 0.29) is 21.3 Å². The van der Waals surface area contributed by atoms with E-state index in [4.69, 9.17) is 33.7 Å². The Morgan fingerprint density at radius 3 is 2.62 bits per heavy atom. The smallest absolute Gasteiger partial charge is 0.340 e. The van der Waals surface area contributed by atoms with Crippen LogP contribution < -0.4 is 5.73 Å². The molecule has 0 bridgehead atoms. The molecular weight excluding hydrogens is 377 g/mol. The van der Waals surface area contributed by atoms with Crippen LogP contribution in [0.4, 0.5) is 5.69 Å². The zero-order valence-electron chi connectivity index (χ0n) is 13.6. The Morgan fingerprint density at radius 1 is 1.15 bits per heavy atom. The van der Waals surface area contributed by atoms with E-state index in [1.165, 1.54) is 17.1 Å². The first-order valence-corrected chi connectivity index (χ1v) is 8.57. The molecule has 0 spiro atoms. The Balaban J connectivity index is 1.62. The number of hydrogen-bond donors (Lipinski definition) is 1. The average Bonchev–Trinajstić information content (AvgIpc) is 3.15. The van der Waals surface area contributed by atoms with Crippen LogP contribution in [0.2, 0.25) is 10.0 Å². The first-order chi connectivity index (χ1) is 12.5. The molecule has 2 aromatic carbocycles. The predicted octanol–water partition coefficient (Wildman–Crippen LogP) is 3.37. The first-order valence-electron chi connectivity index (χ1n) is 7.81. The topological polar surface area (TPSA) is 85.0 Å². The number of halogens is 2. The van der Waals surface area contributed by atoms with Gasteiger partial charge in [0.05, 0.1) is 33.6 Å². The van der Waals surface area contributed by atoms with E-state index < -0.39 is 18.5 Å². The second kappa shape index (κ2) is 7.76. The number of esters is 1. The molecule has 0 aromatic heterocycles. The molecule has 0 unspecified atom stereocenters. The largest absolute Gasteiger partial charge is 0.452 e. The molecule has 1 aliphatic heterocycles. The lowest BCUT2D eigenvalue weighted by molar-refractivity contribution is -0.134. The van der Waals surface area contributed by atoms with Gasteiger partial charge in [-0.1, -0.05) is 53.5 Å². The monoisotopic (exact) mass is 391 g/mol. The molecule has 0 saturated heterocycles. The number of ether oxygens (including phenoxy) is 1. The summed E-state index contributed by atoms with van der Waals surface area (Å²) < 4.78 is 5.04. The van der Waals surface area contributed by atoms with Gasteiger partial charge in [0.2, 0.25) is 0 Å². The maximum Gasteiger partial charge on any atom is 0.340 e. The Morgan fingerprint density at radius 2 is 1.88 bits per heavy atom. The minimum absolute atomic E-state index is 0.0159. The number of nitrogen functional groups attached to an aromatic ring is 1. The molecule has 26 heavy (non-hydrogen) atoms. The van der Waals surface area contributed by atoms with Gasteiger partial charge in [-0.05, 0) is 17.7 Å². The van der Waals surface area contributed by atoms with Gasteiger partial charge >= 0.3 is 5.97 Å². The van der Waals surface area contributed by atoms with E-state index >= 15 is 0 Å². The van der Waals surface area contributed by atoms with Gasteiger partial charge in [-0.3, -0.25) is 4.79 Å².